The summed E-state index contributed by atoms with van der Waals surface area (Å²) in [5, 5.41) is 0. The number of rotatable bonds is 21. The van der Waals surface area contributed by atoms with Gasteiger partial charge < -0.3 is 2.85 Å². The predicted octanol–water partition coefficient (Wildman–Crippen LogP) is 12.3. The Morgan fingerprint density at radius 3 is 0.419 bits per heavy atom. The molecule has 190 valence electrons. The van der Waals surface area contributed by atoms with Gasteiger partial charge in [-0.2, -0.15) is 0 Å². The molecule has 1 heteroatoms. The molecule has 0 bridgehead atoms. The Morgan fingerprint density at radius 1 is 0.226 bits per heavy atom. The second-order valence-corrected chi connectivity index (χ2v) is 9.36. The Labute approximate surface area is 221 Å². The van der Waals surface area contributed by atoms with Crippen LogP contribution in [-0.2, 0) is 0 Å². The van der Waals surface area contributed by atoms with Gasteiger partial charge in [0, 0.05) is 0 Å². The van der Waals surface area contributed by atoms with Crippen LogP contribution in [0.15, 0.2) is 0 Å². The molecule has 0 unspecified atom stereocenters. The van der Waals surface area contributed by atoms with Gasteiger partial charge in [-0.25, -0.2) is 0 Å². The topological polar surface area (TPSA) is 0 Å². The van der Waals surface area contributed by atoms with Gasteiger partial charge in [0.05, 0.1) is 0 Å². The van der Waals surface area contributed by atoms with E-state index in [2.05, 4.69) is 41.5 Å². The van der Waals surface area contributed by atoms with Gasteiger partial charge in [0.15, 0.2) is 0 Å². The third-order valence-corrected chi connectivity index (χ3v) is 5.87. The largest absolute Gasteiger partial charge is 2.00 e. The third-order valence-electron chi connectivity index (χ3n) is 5.87. The zero-order valence-corrected chi connectivity index (χ0v) is 25.1. The van der Waals surface area contributed by atoms with E-state index in [0.717, 1.165) is 0 Å². The van der Waals surface area contributed by atoms with Crippen LogP contribution in [0.4, 0.5) is 0 Å². The minimum Gasteiger partial charge on any atom is -1.00 e. The molecule has 0 aliphatic heterocycles. The molecule has 0 rings (SSSR count). The fraction of sp³-hybridized carbons (Fsp3) is 1.00. The molecule has 0 N–H and O–H groups in total. The molecule has 0 aliphatic rings. The average molecular weight is 453 g/mol. The average Bonchev–Trinajstić information content (AvgIpc) is 2.77. The maximum atomic E-state index is 2.27. The number of unbranched alkanes of at least 4 members (excludes halogenated alkanes) is 21. The molecule has 0 amide bonds. The van der Waals surface area contributed by atoms with E-state index in [1.54, 1.807) is 0 Å². The molecule has 31 heavy (non-hydrogen) atoms. The first-order valence-corrected chi connectivity index (χ1v) is 14.7. The van der Waals surface area contributed by atoms with Gasteiger partial charge in [-0.3, -0.25) is 0 Å². The molecular formula is C30H68Mg. The number of hydrogen-bond acceptors (Lipinski definition) is 0. The second kappa shape index (κ2) is 44.4. The Kier molecular flexibility index (Phi) is 55.9. The zero-order chi connectivity index (χ0) is 23.0. The van der Waals surface area contributed by atoms with Crippen LogP contribution >= 0.6 is 0 Å². The van der Waals surface area contributed by atoms with Crippen molar-refractivity contribution in [1.29, 1.82) is 0 Å². The van der Waals surface area contributed by atoms with E-state index in [1.165, 1.54) is 154 Å². The quantitative estimate of drug-likeness (QED) is 0.120. The van der Waals surface area contributed by atoms with Crippen LogP contribution in [0.5, 0.6) is 0 Å². The third kappa shape index (κ3) is 53.7. The first-order valence-electron chi connectivity index (χ1n) is 14.7. The van der Waals surface area contributed by atoms with Gasteiger partial charge in [-0.1, -0.05) is 196 Å². The summed E-state index contributed by atoms with van der Waals surface area (Å²) in [5.74, 6) is 0. The summed E-state index contributed by atoms with van der Waals surface area (Å²) in [6, 6.07) is 0. The molecule has 0 aromatic heterocycles. The van der Waals surface area contributed by atoms with Crippen LogP contribution in [0, 0.1) is 0 Å². The Hall–Kier alpha value is 0.766. The van der Waals surface area contributed by atoms with Crippen molar-refractivity contribution in [3.8, 4) is 0 Å². The van der Waals surface area contributed by atoms with E-state index in [0.29, 0.717) is 0 Å². The van der Waals surface area contributed by atoms with Gasteiger partial charge in [0.25, 0.3) is 0 Å². The summed E-state index contributed by atoms with van der Waals surface area (Å²) in [6.07, 6.45) is 34.4. The van der Waals surface area contributed by atoms with Crippen LogP contribution in [0.1, 0.15) is 198 Å². The molecule has 0 heterocycles. The van der Waals surface area contributed by atoms with Crippen molar-refractivity contribution in [2.75, 3.05) is 0 Å². The van der Waals surface area contributed by atoms with E-state index in [1.807, 2.05) is 0 Å². The Morgan fingerprint density at radius 2 is 0.323 bits per heavy atom. The van der Waals surface area contributed by atoms with Crippen molar-refractivity contribution in [3.63, 3.8) is 0 Å². The van der Waals surface area contributed by atoms with E-state index in [4.69, 9.17) is 0 Å². The molecule has 0 saturated heterocycles. The minimum atomic E-state index is 0. The van der Waals surface area contributed by atoms with Crippen molar-refractivity contribution in [2.45, 2.75) is 196 Å². The van der Waals surface area contributed by atoms with Crippen LogP contribution in [-0.4, -0.2) is 23.1 Å². The first kappa shape index (κ1) is 39.0. The van der Waals surface area contributed by atoms with Gasteiger partial charge in [0.1, 0.15) is 0 Å². The Bertz CT molecular complexity index is 175. The summed E-state index contributed by atoms with van der Waals surface area (Å²) in [7, 11) is 0. The van der Waals surface area contributed by atoms with Crippen molar-refractivity contribution in [1.82, 2.24) is 0 Å². The molecule has 0 aromatic rings. The van der Waals surface area contributed by atoms with E-state index < -0.39 is 0 Å². The maximum absolute atomic E-state index is 2.27. The standard InChI is InChI=1S/3C10H22.Mg.2H/c3*1-3-5-7-9-10-8-6-4-2;;;/h3*3-10H2,1-2H3;;;/q;;;+2;2*-1. The molecule has 0 nitrogen and oxygen atoms in total. The van der Waals surface area contributed by atoms with Gasteiger partial charge in [-0.15, -0.1) is 0 Å². The summed E-state index contributed by atoms with van der Waals surface area (Å²) in [5.41, 5.74) is 0. The molecule has 0 aromatic carbocycles. The smallest absolute Gasteiger partial charge is 1.00 e. The van der Waals surface area contributed by atoms with Crippen LogP contribution in [0.3, 0.4) is 0 Å². The molecule has 0 saturated carbocycles. The zero-order valence-electron chi connectivity index (χ0n) is 25.7. The summed E-state index contributed by atoms with van der Waals surface area (Å²) in [4.78, 5) is 0. The van der Waals surface area contributed by atoms with Gasteiger partial charge in [-0.05, 0) is 0 Å². The van der Waals surface area contributed by atoms with Gasteiger partial charge >= 0.3 is 23.1 Å². The monoisotopic (exact) mass is 453 g/mol. The number of hydrogen-bond donors (Lipinski definition) is 0. The van der Waals surface area contributed by atoms with E-state index >= 15 is 0 Å². The van der Waals surface area contributed by atoms with Crippen LogP contribution in [0.25, 0.3) is 0 Å². The summed E-state index contributed by atoms with van der Waals surface area (Å²) >= 11 is 0. The molecule has 0 spiro atoms. The normalized spacial score (nSPS) is 9.87. The van der Waals surface area contributed by atoms with Crippen molar-refractivity contribution < 1.29 is 2.85 Å². The SMILES string of the molecule is CCCCCCCCCC.CCCCCCCCCC.CCCCCCCCCC.[H-].[H-].[Mg+2]. The summed E-state index contributed by atoms with van der Waals surface area (Å²) in [6.45, 7) is 13.6. The predicted molar refractivity (Wildman–Crippen MR) is 153 cm³/mol. The molecular weight excluding hydrogens is 385 g/mol. The molecule has 0 atom stereocenters. The van der Waals surface area contributed by atoms with Gasteiger partial charge in [0.2, 0.25) is 0 Å². The molecule has 0 aliphatic carbocycles. The summed E-state index contributed by atoms with van der Waals surface area (Å²) < 4.78 is 0. The van der Waals surface area contributed by atoms with E-state index in [-0.39, 0.29) is 25.9 Å². The second-order valence-electron chi connectivity index (χ2n) is 9.36. The fourth-order valence-corrected chi connectivity index (χ4v) is 3.62. The fourth-order valence-electron chi connectivity index (χ4n) is 3.62. The Balaban J connectivity index is -0.0000000792. The van der Waals surface area contributed by atoms with Crippen molar-refractivity contribution >= 4 is 23.1 Å². The maximum Gasteiger partial charge on any atom is 2.00 e. The molecule has 0 fully saturated rings. The van der Waals surface area contributed by atoms with E-state index in [9.17, 15) is 0 Å². The van der Waals surface area contributed by atoms with Crippen LogP contribution < -0.4 is 0 Å². The minimum absolute atomic E-state index is 0. The molecule has 0 radical (unpaired) electrons. The van der Waals surface area contributed by atoms with Crippen LogP contribution in [0.2, 0.25) is 0 Å². The van der Waals surface area contributed by atoms with Crippen molar-refractivity contribution in [2.24, 2.45) is 0 Å². The van der Waals surface area contributed by atoms with Crippen molar-refractivity contribution in [3.05, 3.63) is 0 Å². The first-order chi connectivity index (χ1) is 14.7.